The fourth-order valence-corrected chi connectivity index (χ4v) is 7.89. The molecule has 2 heterocycles. The number of alkyl carbamates (subject to hydrolysis) is 2. The SMILES string of the molecule is CC(C)(C)OC(=O)/N=C(\NCc1ccc(NC(=O)C23CCC(C(=O)Nc4ccc(C5=CCN(/C(=N/C(=O)OC(C)(C)C)NC(=O)OC(C)(C)C)CC5)cc4)(CC2)CC3)cn1)NC(=O)OC(C)(C)C. The van der Waals surface area contributed by atoms with Crippen molar-refractivity contribution in [3.05, 3.63) is 59.9 Å². The Labute approximate surface area is 399 Å². The van der Waals surface area contributed by atoms with Crippen molar-refractivity contribution in [3.63, 3.8) is 0 Å². The molecule has 4 aliphatic rings. The van der Waals surface area contributed by atoms with Crippen LogP contribution in [0, 0.1) is 10.8 Å². The molecule has 0 spiro atoms. The summed E-state index contributed by atoms with van der Waals surface area (Å²) in [6.45, 7) is 21.6. The molecule has 370 valence electrons. The van der Waals surface area contributed by atoms with Crippen molar-refractivity contribution in [2.24, 2.45) is 20.8 Å². The topological polar surface area (TPSA) is 240 Å². The normalized spacial score (nSPS) is 20.0. The first-order chi connectivity index (χ1) is 31.5. The van der Waals surface area contributed by atoms with Crippen LogP contribution < -0.4 is 26.6 Å². The zero-order chi connectivity index (χ0) is 50.3. The molecule has 2 bridgehead atoms. The van der Waals surface area contributed by atoms with E-state index in [-0.39, 0.29) is 30.3 Å². The third-order valence-corrected chi connectivity index (χ3v) is 11.2. The van der Waals surface area contributed by atoms with Crippen molar-refractivity contribution in [1.82, 2.24) is 25.8 Å². The quantitative estimate of drug-likeness (QED) is 0.0992. The van der Waals surface area contributed by atoms with E-state index in [0.29, 0.717) is 75.1 Å². The van der Waals surface area contributed by atoms with Gasteiger partial charge < -0.3 is 39.8 Å². The number of hydrogen-bond acceptors (Lipinski definition) is 11. The molecule has 6 amide bonds. The first kappa shape index (κ1) is 52.4. The van der Waals surface area contributed by atoms with E-state index in [0.717, 1.165) is 11.1 Å². The lowest BCUT2D eigenvalue weighted by Gasteiger charge is -2.51. The van der Waals surface area contributed by atoms with Crippen molar-refractivity contribution < 1.29 is 47.7 Å². The van der Waals surface area contributed by atoms with Gasteiger partial charge in [-0.05, 0) is 163 Å². The van der Waals surface area contributed by atoms with Gasteiger partial charge in [-0.1, -0.05) is 18.2 Å². The summed E-state index contributed by atoms with van der Waals surface area (Å²) in [6.07, 6.45) is 4.35. The van der Waals surface area contributed by atoms with Gasteiger partial charge in [-0.3, -0.25) is 25.2 Å². The Bertz CT molecular complexity index is 2270. The second-order valence-corrected chi connectivity index (χ2v) is 21.5. The molecule has 1 aromatic carbocycles. The Balaban J connectivity index is 1.13. The number of aliphatic imine (C=N–C) groups is 2. The van der Waals surface area contributed by atoms with Crippen molar-refractivity contribution in [2.45, 2.75) is 157 Å². The number of aromatic nitrogens is 1. The zero-order valence-corrected chi connectivity index (χ0v) is 41.6. The number of ether oxygens (including phenoxy) is 4. The van der Waals surface area contributed by atoms with Gasteiger partial charge in [0.2, 0.25) is 23.7 Å². The van der Waals surface area contributed by atoms with E-state index in [1.54, 1.807) is 100 Å². The van der Waals surface area contributed by atoms with Gasteiger partial charge in [-0.2, -0.15) is 0 Å². The van der Waals surface area contributed by atoms with E-state index in [9.17, 15) is 28.8 Å². The van der Waals surface area contributed by atoms with Gasteiger partial charge in [-0.15, -0.1) is 9.98 Å². The highest BCUT2D eigenvalue weighted by atomic mass is 16.6. The first-order valence-electron chi connectivity index (χ1n) is 23.0. The monoisotopic (exact) mass is 944 g/mol. The highest BCUT2D eigenvalue weighted by Crippen LogP contribution is 2.57. The number of hydrogen-bond donors (Lipinski definition) is 5. The molecule has 19 heteroatoms. The molecular weight excluding hydrogens is 875 g/mol. The average molecular weight is 944 g/mol. The van der Waals surface area contributed by atoms with Crippen LogP contribution in [0.2, 0.25) is 0 Å². The standard InChI is InChI=1S/C49H69N9O10/c1-44(2,3)65-40(61)54-38(55-41(62)66-45(4,5)6)51-29-34-17-18-35(30-50-34)53-37(60)49-24-21-48(22-25-49,23-26-49)36(59)52-33-15-13-31(14-16-33)32-19-27-58(28-20-32)39(56-42(63)67-46(7,8)9)57-43(64)68-47(10,11)12/h13-19,30H,20-29H2,1-12H3,(H,52,59)(H,53,60)(H,56,57,63,64)(H2,51,54,55,61,62). The molecule has 1 aliphatic heterocycles. The van der Waals surface area contributed by atoms with Gasteiger partial charge in [-0.25, -0.2) is 19.2 Å². The Kier molecular flexibility index (Phi) is 16.0. The third kappa shape index (κ3) is 15.8. The number of anilines is 2. The molecule has 0 saturated heterocycles. The van der Waals surface area contributed by atoms with E-state index < -0.39 is 57.6 Å². The van der Waals surface area contributed by atoms with Gasteiger partial charge >= 0.3 is 24.4 Å². The molecule has 0 radical (unpaired) electrons. The Morgan fingerprint density at radius 1 is 0.618 bits per heavy atom. The molecule has 5 N–H and O–H groups in total. The van der Waals surface area contributed by atoms with Gasteiger partial charge in [0.25, 0.3) is 0 Å². The number of pyridine rings is 1. The molecule has 19 nitrogen and oxygen atoms in total. The van der Waals surface area contributed by atoms with E-state index >= 15 is 0 Å². The van der Waals surface area contributed by atoms with Crippen LogP contribution in [-0.2, 0) is 35.1 Å². The number of carbonyl (C=O) groups excluding carboxylic acids is 6. The number of rotatable bonds is 7. The number of benzene rings is 1. The second-order valence-electron chi connectivity index (χ2n) is 21.5. The van der Waals surface area contributed by atoms with Crippen LogP contribution >= 0.6 is 0 Å². The maximum atomic E-state index is 13.9. The fraction of sp³-hybridized carbons (Fsp3) is 0.571. The lowest BCUT2D eigenvalue weighted by Crippen LogP contribution is -2.52. The van der Waals surface area contributed by atoms with Crippen molar-refractivity contribution in [3.8, 4) is 0 Å². The molecule has 6 rings (SSSR count). The number of guanidine groups is 2. The van der Waals surface area contributed by atoms with Crippen molar-refractivity contribution >= 4 is 65.1 Å². The third-order valence-electron chi connectivity index (χ3n) is 11.2. The molecule has 3 saturated carbocycles. The smallest absolute Gasteiger partial charge is 0.437 e. The number of nitrogens with zero attached hydrogens (tertiary/aromatic N) is 4. The van der Waals surface area contributed by atoms with E-state index in [1.165, 1.54) is 6.20 Å². The Morgan fingerprint density at radius 3 is 1.54 bits per heavy atom. The predicted octanol–water partition coefficient (Wildman–Crippen LogP) is 8.81. The van der Waals surface area contributed by atoms with Gasteiger partial charge in [0.15, 0.2) is 0 Å². The van der Waals surface area contributed by atoms with E-state index in [4.69, 9.17) is 18.9 Å². The number of carbonyl (C=O) groups is 6. The van der Waals surface area contributed by atoms with Crippen LogP contribution in [0.15, 0.2) is 58.7 Å². The average Bonchev–Trinajstić information content (AvgIpc) is 3.21. The van der Waals surface area contributed by atoms with Gasteiger partial charge in [0, 0.05) is 29.6 Å². The van der Waals surface area contributed by atoms with E-state index in [2.05, 4.69) is 41.6 Å². The maximum absolute atomic E-state index is 13.9. The van der Waals surface area contributed by atoms with Crippen LogP contribution in [0.1, 0.15) is 139 Å². The first-order valence-corrected chi connectivity index (χ1v) is 23.0. The highest BCUT2D eigenvalue weighted by molar-refractivity contribution is 6.01. The summed E-state index contributed by atoms with van der Waals surface area (Å²) >= 11 is 0. The minimum absolute atomic E-state index is 0.0381. The summed E-state index contributed by atoms with van der Waals surface area (Å²) in [5, 5.41) is 14.1. The summed E-state index contributed by atoms with van der Waals surface area (Å²) in [4.78, 5) is 91.9. The van der Waals surface area contributed by atoms with Crippen LogP contribution in [0.25, 0.3) is 5.57 Å². The summed E-state index contributed by atoms with van der Waals surface area (Å²) in [5.41, 5.74) is -0.490. The molecular formula is C49H69N9O10. The largest absolute Gasteiger partial charge is 0.444 e. The van der Waals surface area contributed by atoms with Crippen LogP contribution in [0.5, 0.6) is 0 Å². The summed E-state index contributed by atoms with van der Waals surface area (Å²) in [7, 11) is 0. The van der Waals surface area contributed by atoms with Crippen molar-refractivity contribution in [2.75, 3.05) is 23.7 Å². The van der Waals surface area contributed by atoms with E-state index in [1.807, 2.05) is 30.3 Å². The Hall–Kier alpha value is -6.53. The summed E-state index contributed by atoms with van der Waals surface area (Å²) < 4.78 is 21.3. The van der Waals surface area contributed by atoms with Crippen LogP contribution in [0.3, 0.4) is 0 Å². The zero-order valence-electron chi connectivity index (χ0n) is 41.6. The van der Waals surface area contributed by atoms with Crippen molar-refractivity contribution in [1.29, 1.82) is 0 Å². The minimum atomic E-state index is -0.904. The molecule has 3 aliphatic carbocycles. The molecule has 0 atom stereocenters. The minimum Gasteiger partial charge on any atom is -0.444 e. The lowest BCUT2D eigenvalue weighted by atomic mass is 9.53. The predicted molar refractivity (Wildman–Crippen MR) is 258 cm³/mol. The summed E-state index contributed by atoms with van der Waals surface area (Å²) in [5.74, 6) is -0.288. The highest BCUT2D eigenvalue weighted by Gasteiger charge is 2.55. The number of amides is 6. The number of nitrogens with one attached hydrogen (secondary N) is 5. The maximum Gasteiger partial charge on any atom is 0.437 e. The molecule has 1 aromatic heterocycles. The fourth-order valence-electron chi connectivity index (χ4n) is 7.89. The second kappa shape index (κ2) is 20.8. The molecule has 0 unspecified atom stereocenters. The van der Waals surface area contributed by atoms with Crippen LogP contribution in [0.4, 0.5) is 30.6 Å². The Morgan fingerprint density at radius 2 is 1.09 bits per heavy atom. The van der Waals surface area contributed by atoms with Crippen LogP contribution in [-0.4, -0.2) is 93.5 Å². The molecule has 68 heavy (non-hydrogen) atoms. The number of fused-ring (bicyclic) bond motifs is 3. The molecule has 2 aromatic rings. The summed E-state index contributed by atoms with van der Waals surface area (Å²) in [6, 6.07) is 11.1. The molecule has 3 fully saturated rings. The van der Waals surface area contributed by atoms with Gasteiger partial charge in [0.1, 0.15) is 22.4 Å². The lowest BCUT2D eigenvalue weighted by molar-refractivity contribution is -0.144. The van der Waals surface area contributed by atoms with Gasteiger partial charge in [0.05, 0.1) is 24.1 Å².